The molecule has 1 aliphatic carbocycles. The van der Waals surface area contributed by atoms with Crippen molar-refractivity contribution in [2.24, 2.45) is 0 Å². The van der Waals surface area contributed by atoms with E-state index in [9.17, 15) is 0 Å². The molecule has 3 heterocycles. The highest BCUT2D eigenvalue weighted by Gasteiger charge is 2.24. The van der Waals surface area contributed by atoms with Gasteiger partial charge in [0.15, 0.2) is 5.82 Å². The number of aromatic nitrogens is 4. The van der Waals surface area contributed by atoms with Crippen LogP contribution in [0, 0.1) is 6.92 Å². The van der Waals surface area contributed by atoms with E-state index in [0.717, 1.165) is 55.7 Å². The molecule has 0 aromatic carbocycles. The minimum Gasteiger partial charge on any atom is -0.381 e. The summed E-state index contributed by atoms with van der Waals surface area (Å²) in [5.74, 6) is 4.00. The molecule has 2 aromatic rings. The molecule has 134 valence electrons. The zero-order chi connectivity index (χ0) is 17.2. The molecule has 1 saturated heterocycles. The molecular formula is C18H25N5O2. The van der Waals surface area contributed by atoms with Crippen LogP contribution < -0.4 is 4.90 Å². The van der Waals surface area contributed by atoms with Gasteiger partial charge in [0.1, 0.15) is 11.6 Å². The van der Waals surface area contributed by atoms with Gasteiger partial charge in [0.05, 0.1) is 18.8 Å². The van der Waals surface area contributed by atoms with Crippen LogP contribution in [0.4, 0.5) is 5.82 Å². The molecule has 1 aliphatic heterocycles. The van der Waals surface area contributed by atoms with Gasteiger partial charge < -0.3 is 14.2 Å². The van der Waals surface area contributed by atoms with Crippen molar-refractivity contribution in [3.05, 3.63) is 29.3 Å². The Balaban J connectivity index is 1.47. The van der Waals surface area contributed by atoms with Crippen molar-refractivity contribution in [1.82, 2.24) is 20.1 Å². The van der Waals surface area contributed by atoms with Gasteiger partial charge in [-0.05, 0) is 26.2 Å². The molecule has 7 heteroatoms. The number of hydrogen-bond acceptors (Lipinski definition) is 7. The fourth-order valence-electron chi connectivity index (χ4n) is 3.71. The van der Waals surface area contributed by atoms with Crippen LogP contribution in [0.15, 0.2) is 10.6 Å². The van der Waals surface area contributed by atoms with E-state index in [-0.39, 0.29) is 0 Å². The monoisotopic (exact) mass is 343 g/mol. The maximum atomic E-state index is 5.49. The third-order valence-corrected chi connectivity index (χ3v) is 5.15. The summed E-state index contributed by atoms with van der Waals surface area (Å²) in [6.45, 7) is 4.07. The fraction of sp³-hybridized carbons (Fsp3) is 0.667. The predicted octanol–water partition coefficient (Wildman–Crippen LogP) is 2.97. The van der Waals surface area contributed by atoms with Gasteiger partial charge in [-0.2, -0.15) is 4.98 Å². The second kappa shape index (κ2) is 7.07. The third kappa shape index (κ3) is 3.66. The fourth-order valence-corrected chi connectivity index (χ4v) is 3.71. The lowest BCUT2D eigenvalue weighted by molar-refractivity contribution is 0.193. The van der Waals surface area contributed by atoms with Crippen LogP contribution in [0.25, 0.3) is 0 Å². The molecule has 0 radical (unpaired) electrons. The van der Waals surface area contributed by atoms with E-state index in [1.54, 1.807) is 0 Å². The summed E-state index contributed by atoms with van der Waals surface area (Å²) in [5, 5.41) is 4.16. The quantitative estimate of drug-likeness (QED) is 0.826. The first-order valence-corrected chi connectivity index (χ1v) is 9.16. The molecule has 0 unspecified atom stereocenters. The number of anilines is 1. The largest absolute Gasteiger partial charge is 0.381 e. The predicted molar refractivity (Wildman–Crippen MR) is 92.6 cm³/mol. The second-order valence-electron chi connectivity index (χ2n) is 7.15. The van der Waals surface area contributed by atoms with Crippen LogP contribution in [-0.2, 0) is 11.3 Å². The smallest absolute Gasteiger partial charge is 0.229 e. The molecule has 7 nitrogen and oxygen atoms in total. The number of hydrogen-bond donors (Lipinski definition) is 0. The van der Waals surface area contributed by atoms with Gasteiger partial charge in [0.25, 0.3) is 0 Å². The molecule has 2 aromatic heterocycles. The molecule has 0 spiro atoms. The minimum atomic E-state index is 0.369. The first-order chi connectivity index (χ1) is 12.2. The van der Waals surface area contributed by atoms with Gasteiger partial charge in [-0.15, -0.1) is 0 Å². The highest BCUT2D eigenvalue weighted by Crippen LogP contribution is 2.33. The van der Waals surface area contributed by atoms with E-state index < -0.39 is 0 Å². The van der Waals surface area contributed by atoms with Crippen molar-refractivity contribution in [1.29, 1.82) is 0 Å². The third-order valence-electron chi connectivity index (χ3n) is 5.15. The van der Waals surface area contributed by atoms with Crippen molar-refractivity contribution >= 4 is 5.82 Å². The topological polar surface area (TPSA) is 77.2 Å². The van der Waals surface area contributed by atoms with Crippen molar-refractivity contribution < 1.29 is 9.26 Å². The average molecular weight is 343 g/mol. The van der Waals surface area contributed by atoms with E-state index in [0.29, 0.717) is 24.2 Å². The van der Waals surface area contributed by atoms with Crippen LogP contribution in [0.3, 0.4) is 0 Å². The van der Waals surface area contributed by atoms with Gasteiger partial charge in [-0.3, -0.25) is 0 Å². The molecule has 1 atom stereocenters. The molecule has 0 N–H and O–H groups in total. The number of rotatable bonds is 5. The molecule has 4 rings (SSSR count). The Morgan fingerprint density at radius 2 is 1.96 bits per heavy atom. The molecular weight excluding hydrogens is 318 g/mol. The zero-order valence-corrected chi connectivity index (χ0v) is 14.9. The van der Waals surface area contributed by atoms with Crippen LogP contribution in [0.1, 0.15) is 67.2 Å². The highest BCUT2D eigenvalue weighted by molar-refractivity contribution is 5.40. The van der Waals surface area contributed by atoms with E-state index in [2.05, 4.69) is 31.1 Å². The van der Waals surface area contributed by atoms with Gasteiger partial charge in [0, 0.05) is 31.6 Å². The first kappa shape index (κ1) is 16.4. The number of nitrogens with zero attached hydrogens (tertiary/aromatic N) is 5. The summed E-state index contributed by atoms with van der Waals surface area (Å²) in [7, 11) is 2.00. The Kier molecular flexibility index (Phi) is 4.65. The molecule has 2 fully saturated rings. The van der Waals surface area contributed by atoms with Gasteiger partial charge in [-0.25, -0.2) is 9.97 Å². The standard InChI is InChI=1S/C18H25N5O2/c1-12-19-15(14-7-8-24-11-14)9-17(20-12)23(2)10-16-21-18(25-22-16)13-5-3-4-6-13/h9,13-14H,3-8,10-11H2,1-2H3/t14-/m0/s1. The summed E-state index contributed by atoms with van der Waals surface area (Å²) in [4.78, 5) is 15.8. The maximum absolute atomic E-state index is 5.49. The van der Waals surface area contributed by atoms with Crippen LogP contribution in [-0.4, -0.2) is 40.4 Å². The summed E-state index contributed by atoms with van der Waals surface area (Å²) in [5.41, 5.74) is 1.06. The Morgan fingerprint density at radius 3 is 2.72 bits per heavy atom. The van der Waals surface area contributed by atoms with Gasteiger partial charge in [0.2, 0.25) is 5.89 Å². The summed E-state index contributed by atoms with van der Waals surface area (Å²) >= 11 is 0. The lowest BCUT2D eigenvalue weighted by Crippen LogP contribution is -2.20. The molecule has 0 bridgehead atoms. The second-order valence-corrected chi connectivity index (χ2v) is 7.15. The zero-order valence-electron chi connectivity index (χ0n) is 14.9. The van der Waals surface area contributed by atoms with Crippen molar-refractivity contribution in [3.63, 3.8) is 0 Å². The van der Waals surface area contributed by atoms with Gasteiger partial charge in [-0.1, -0.05) is 18.0 Å². The summed E-state index contributed by atoms with van der Waals surface area (Å²) < 4.78 is 11.0. The SMILES string of the molecule is Cc1nc([C@H]2CCOC2)cc(N(C)Cc2noc(C3CCCC3)n2)n1. The number of ether oxygens (including phenoxy) is 1. The molecule has 25 heavy (non-hydrogen) atoms. The maximum Gasteiger partial charge on any atom is 0.229 e. The van der Waals surface area contributed by atoms with Gasteiger partial charge >= 0.3 is 0 Å². The summed E-state index contributed by atoms with van der Waals surface area (Å²) in [6, 6.07) is 2.06. The van der Waals surface area contributed by atoms with Crippen LogP contribution in [0.2, 0.25) is 0 Å². The lowest BCUT2D eigenvalue weighted by Gasteiger charge is -2.18. The van der Waals surface area contributed by atoms with Crippen LogP contribution >= 0.6 is 0 Å². The molecule has 0 amide bonds. The summed E-state index contributed by atoms with van der Waals surface area (Å²) in [6.07, 6.45) is 5.87. The first-order valence-electron chi connectivity index (χ1n) is 9.16. The van der Waals surface area contributed by atoms with E-state index in [1.807, 2.05) is 14.0 Å². The van der Waals surface area contributed by atoms with E-state index in [4.69, 9.17) is 9.26 Å². The van der Waals surface area contributed by atoms with Crippen LogP contribution in [0.5, 0.6) is 0 Å². The van der Waals surface area contributed by atoms with Crippen molar-refractivity contribution in [2.45, 2.75) is 57.4 Å². The molecule has 2 aliphatic rings. The Bertz CT molecular complexity index is 720. The lowest BCUT2D eigenvalue weighted by atomic mass is 10.0. The Morgan fingerprint density at radius 1 is 1.12 bits per heavy atom. The van der Waals surface area contributed by atoms with E-state index in [1.165, 1.54) is 12.8 Å². The van der Waals surface area contributed by atoms with Crippen molar-refractivity contribution in [2.75, 3.05) is 25.2 Å². The highest BCUT2D eigenvalue weighted by atomic mass is 16.5. The van der Waals surface area contributed by atoms with Crippen molar-refractivity contribution in [3.8, 4) is 0 Å². The van der Waals surface area contributed by atoms with E-state index >= 15 is 0 Å². The number of aryl methyl sites for hydroxylation is 1. The minimum absolute atomic E-state index is 0.369. The average Bonchev–Trinajstić information content (AvgIpc) is 3.35. The Labute approximate surface area is 147 Å². The Hall–Kier alpha value is -2.02. The molecule has 1 saturated carbocycles. The normalized spacial score (nSPS) is 21.1.